The Bertz CT molecular complexity index is 575. The molecule has 0 fully saturated rings. The van der Waals surface area contributed by atoms with Crippen LogP contribution in [0.25, 0.3) is 0 Å². The molecule has 0 aliphatic heterocycles. The van der Waals surface area contributed by atoms with Crippen LogP contribution in [0.3, 0.4) is 0 Å². The molecule has 0 aliphatic rings. The lowest BCUT2D eigenvalue weighted by Gasteiger charge is -2.08. The quantitative estimate of drug-likeness (QED) is 0.678. The van der Waals surface area contributed by atoms with Crippen LogP contribution in [0.15, 0.2) is 23.4 Å². The predicted molar refractivity (Wildman–Crippen MR) is 81.4 cm³/mol. The molecule has 0 atom stereocenters. The Labute approximate surface area is 123 Å². The topological polar surface area (TPSA) is 66.0 Å². The zero-order chi connectivity index (χ0) is 14.7. The van der Waals surface area contributed by atoms with E-state index in [0.717, 1.165) is 5.75 Å². The Morgan fingerprint density at radius 2 is 1.85 bits per heavy atom. The van der Waals surface area contributed by atoms with E-state index in [4.69, 9.17) is 10.6 Å². The van der Waals surface area contributed by atoms with Gasteiger partial charge >= 0.3 is 0 Å². The fourth-order valence-electron chi connectivity index (χ4n) is 1.86. The summed E-state index contributed by atoms with van der Waals surface area (Å²) in [6.45, 7) is 8.58. The fourth-order valence-corrected chi connectivity index (χ4v) is 2.59. The molecule has 0 radical (unpaired) electrons. The maximum absolute atomic E-state index is 5.97. The number of nitrogen functional groups attached to an aromatic ring is 1. The van der Waals surface area contributed by atoms with E-state index in [2.05, 4.69) is 30.1 Å². The van der Waals surface area contributed by atoms with E-state index >= 15 is 0 Å². The van der Waals surface area contributed by atoms with Crippen molar-refractivity contribution >= 4 is 11.8 Å². The van der Waals surface area contributed by atoms with Gasteiger partial charge in [-0.3, -0.25) is 0 Å². The number of benzene rings is 1. The van der Waals surface area contributed by atoms with Gasteiger partial charge in [0.2, 0.25) is 5.16 Å². The smallest absolute Gasteiger partial charge is 0.210 e. The van der Waals surface area contributed by atoms with Gasteiger partial charge in [0.25, 0.3) is 0 Å². The highest BCUT2D eigenvalue weighted by molar-refractivity contribution is 7.99. The third kappa shape index (κ3) is 3.66. The van der Waals surface area contributed by atoms with Crippen molar-refractivity contribution in [2.45, 2.75) is 44.7 Å². The summed E-state index contributed by atoms with van der Waals surface area (Å²) in [7, 11) is 0. The van der Waals surface area contributed by atoms with Gasteiger partial charge in [0.15, 0.2) is 5.82 Å². The van der Waals surface area contributed by atoms with Crippen molar-refractivity contribution in [3.63, 3.8) is 0 Å². The van der Waals surface area contributed by atoms with Crippen LogP contribution in [-0.4, -0.2) is 20.1 Å². The average molecular weight is 292 g/mol. The average Bonchev–Trinajstić information content (AvgIpc) is 2.66. The second kappa shape index (κ2) is 6.17. The maximum Gasteiger partial charge on any atom is 0.210 e. The van der Waals surface area contributed by atoms with E-state index in [0.29, 0.717) is 22.8 Å². The first kappa shape index (κ1) is 14.7. The van der Waals surface area contributed by atoms with E-state index in [1.165, 1.54) is 15.8 Å². The van der Waals surface area contributed by atoms with Crippen LogP contribution in [0.4, 0.5) is 0 Å². The molecule has 1 aromatic heterocycles. The highest BCUT2D eigenvalue weighted by Crippen LogP contribution is 2.21. The van der Waals surface area contributed by atoms with Crippen LogP contribution < -0.4 is 10.6 Å². The zero-order valence-electron chi connectivity index (χ0n) is 12.3. The molecule has 0 saturated heterocycles. The molecule has 108 valence electrons. The summed E-state index contributed by atoms with van der Waals surface area (Å²) in [4.78, 5) is 0. The lowest BCUT2D eigenvalue weighted by Crippen LogP contribution is -2.16. The minimum absolute atomic E-state index is 0.311. The van der Waals surface area contributed by atoms with Crippen LogP contribution in [0.1, 0.15) is 30.8 Å². The number of nitrogens with zero attached hydrogens (tertiary/aromatic N) is 3. The molecule has 0 spiro atoms. The Morgan fingerprint density at radius 1 is 1.20 bits per heavy atom. The second-order valence-electron chi connectivity index (χ2n) is 5.05. The molecule has 0 amide bonds. The number of hydrogen-bond acceptors (Lipinski definition) is 5. The number of aromatic nitrogens is 3. The lowest BCUT2D eigenvalue weighted by atomic mass is 10.1. The van der Waals surface area contributed by atoms with Gasteiger partial charge in [-0.25, -0.2) is 4.68 Å². The van der Waals surface area contributed by atoms with E-state index in [1.807, 2.05) is 26.0 Å². The van der Waals surface area contributed by atoms with Gasteiger partial charge in [0, 0.05) is 5.25 Å². The monoisotopic (exact) mass is 292 g/mol. The van der Waals surface area contributed by atoms with E-state index < -0.39 is 0 Å². The molecule has 2 rings (SSSR count). The third-order valence-electron chi connectivity index (χ3n) is 2.64. The van der Waals surface area contributed by atoms with Crippen LogP contribution >= 0.6 is 11.8 Å². The number of ether oxygens (including phenoxy) is 1. The van der Waals surface area contributed by atoms with Gasteiger partial charge in [0.1, 0.15) is 12.4 Å². The number of aryl methyl sites for hydroxylation is 2. The van der Waals surface area contributed by atoms with Crippen molar-refractivity contribution in [1.82, 2.24) is 14.9 Å². The SMILES string of the molecule is Cc1cc(C)cc(OCc2nnc(SC(C)C)n2N)c1. The summed E-state index contributed by atoms with van der Waals surface area (Å²) in [6, 6.07) is 6.09. The van der Waals surface area contributed by atoms with Gasteiger partial charge in [-0.15, -0.1) is 10.2 Å². The van der Waals surface area contributed by atoms with Crippen LogP contribution in [0.2, 0.25) is 0 Å². The molecule has 1 aromatic carbocycles. The molecule has 5 nitrogen and oxygen atoms in total. The first-order valence-corrected chi connectivity index (χ1v) is 7.41. The lowest BCUT2D eigenvalue weighted by molar-refractivity contribution is 0.291. The molecule has 0 aliphatic carbocycles. The molecule has 2 N–H and O–H groups in total. The maximum atomic E-state index is 5.97. The Hall–Kier alpha value is -1.69. The Morgan fingerprint density at radius 3 is 2.45 bits per heavy atom. The Balaban J connectivity index is 2.05. The van der Waals surface area contributed by atoms with Gasteiger partial charge in [-0.2, -0.15) is 0 Å². The first-order chi connectivity index (χ1) is 9.45. The van der Waals surface area contributed by atoms with Crippen LogP contribution in [-0.2, 0) is 6.61 Å². The van der Waals surface area contributed by atoms with Crippen LogP contribution in [0.5, 0.6) is 5.75 Å². The van der Waals surface area contributed by atoms with Crippen LogP contribution in [0, 0.1) is 13.8 Å². The second-order valence-corrected chi connectivity index (χ2v) is 6.59. The van der Waals surface area contributed by atoms with E-state index in [1.54, 1.807) is 11.8 Å². The standard InChI is InChI=1S/C14H20N4OS/c1-9(2)20-14-17-16-13(18(14)15)8-19-12-6-10(3)5-11(4)7-12/h5-7,9H,8,15H2,1-4H3. The molecule has 0 bridgehead atoms. The number of rotatable bonds is 5. The summed E-state index contributed by atoms with van der Waals surface area (Å²) in [6.07, 6.45) is 0. The van der Waals surface area contributed by atoms with E-state index in [9.17, 15) is 0 Å². The zero-order valence-corrected chi connectivity index (χ0v) is 13.1. The van der Waals surface area contributed by atoms with Crippen molar-refractivity contribution in [3.8, 4) is 5.75 Å². The highest BCUT2D eigenvalue weighted by Gasteiger charge is 2.12. The molecule has 6 heteroatoms. The molecule has 20 heavy (non-hydrogen) atoms. The van der Waals surface area contributed by atoms with Gasteiger partial charge in [-0.05, 0) is 37.1 Å². The summed E-state index contributed by atoms with van der Waals surface area (Å²) in [5.41, 5.74) is 2.34. The molecular formula is C14H20N4OS. The number of thioether (sulfide) groups is 1. The minimum Gasteiger partial charge on any atom is -0.486 e. The molecule has 0 saturated carbocycles. The molecular weight excluding hydrogens is 272 g/mol. The molecule has 0 unspecified atom stereocenters. The van der Waals surface area contributed by atoms with Crippen molar-refractivity contribution in [1.29, 1.82) is 0 Å². The summed E-state index contributed by atoms with van der Waals surface area (Å²) in [5, 5.41) is 9.26. The summed E-state index contributed by atoms with van der Waals surface area (Å²) >= 11 is 1.58. The fraction of sp³-hybridized carbons (Fsp3) is 0.429. The normalized spacial score (nSPS) is 11.1. The third-order valence-corrected chi connectivity index (χ3v) is 3.60. The van der Waals surface area contributed by atoms with E-state index in [-0.39, 0.29) is 0 Å². The number of nitrogens with two attached hydrogens (primary N) is 1. The summed E-state index contributed by atoms with van der Waals surface area (Å²) in [5.74, 6) is 7.41. The van der Waals surface area contributed by atoms with Gasteiger partial charge in [-0.1, -0.05) is 31.7 Å². The van der Waals surface area contributed by atoms with Gasteiger partial charge in [0.05, 0.1) is 0 Å². The number of hydrogen-bond donors (Lipinski definition) is 1. The summed E-state index contributed by atoms with van der Waals surface area (Å²) < 4.78 is 7.23. The largest absolute Gasteiger partial charge is 0.486 e. The predicted octanol–water partition coefficient (Wildman–Crippen LogP) is 2.69. The van der Waals surface area contributed by atoms with Crippen molar-refractivity contribution in [3.05, 3.63) is 35.2 Å². The van der Waals surface area contributed by atoms with Crippen molar-refractivity contribution in [2.24, 2.45) is 0 Å². The molecule has 1 heterocycles. The van der Waals surface area contributed by atoms with Gasteiger partial charge < -0.3 is 10.6 Å². The minimum atomic E-state index is 0.311. The Kier molecular flexibility index (Phi) is 4.54. The first-order valence-electron chi connectivity index (χ1n) is 6.53. The van der Waals surface area contributed by atoms with Crippen molar-refractivity contribution < 1.29 is 4.74 Å². The molecule has 2 aromatic rings. The van der Waals surface area contributed by atoms with Crippen molar-refractivity contribution in [2.75, 3.05) is 5.84 Å². The highest BCUT2D eigenvalue weighted by atomic mass is 32.2.